The van der Waals surface area contributed by atoms with Crippen LogP contribution in [0, 0.1) is 5.82 Å². The van der Waals surface area contributed by atoms with E-state index < -0.39 is 0 Å². The molecule has 3 aromatic rings. The maximum absolute atomic E-state index is 13.2. The van der Waals surface area contributed by atoms with Crippen LogP contribution in [0.25, 0.3) is 11.4 Å². The lowest BCUT2D eigenvalue weighted by Gasteiger charge is -2.16. The van der Waals surface area contributed by atoms with Gasteiger partial charge in [0, 0.05) is 19.2 Å². The SMILES string of the molecule is CCc1ccc(-c2nc(SCC(=O)N(C)Cc3cccc(F)c3)n[nH]2)cc1. The number of carbonyl (C=O) groups excluding carboxylic acids is 1. The number of hydrogen-bond donors (Lipinski definition) is 1. The molecule has 7 heteroatoms. The van der Waals surface area contributed by atoms with Crippen molar-refractivity contribution in [1.29, 1.82) is 0 Å². The van der Waals surface area contributed by atoms with E-state index in [9.17, 15) is 9.18 Å². The Kier molecular flexibility index (Phi) is 6.24. The summed E-state index contributed by atoms with van der Waals surface area (Å²) < 4.78 is 13.2. The number of aromatic amines is 1. The van der Waals surface area contributed by atoms with E-state index in [2.05, 4.69) is 34.2 Å². The van der Waals surface area contributed by atoms with Crippen LogP contribution >= 0.6 is 11.8 Å². The highest BCUT2D eigenvalue weighted by Crippen LogP contribution is 2.20. The Morgan fingerprint density at radius 1 is 1.19 bits per heavy atom. The molecule has 0 fully saturated rings. The van der Waals surface area contributed by atoms with Gasteiger partial charge in [0.15, 0.2) is 5.82 Å². The van der Waals surface area contributed by atoms with Crippen LogP contribution in [0.1, 0.15) is 18.1 Å². The highest BCUT2D eigenvalue weighted by atomic mass is 32.2. The van der Waals surface area contributed by atoms with Crippen molar-refractivity contribution < 1.29 is 9.18 Å². The second-order valence-corrected chi connectivity index (χ2v) is 7.13. The predicted octanol–water partition coefficient (Wildman–Crippen LogP) is 3.92. The summed E-state index contributed by atoms with van der Waals surface area (Å²) in [5.74, 6) is 0.532. The van der Waals surface area contributed by atoms with Gasteiger partial charge >= 0.3 is 0 Å². The van der Waals surface area contributed by atoms with Crippen LogP contribution in [0.2, 0.25) is 0 Å². The molecule has 1 amide bonds. The van der Waals surface area contributed by atoms with Crippen LogP contribution in [0.15, 0.2) is 53.7 Å². The van der Waals surface area contributed by atoms with E-state index in [-0.39, 0.29) is 17.5 Å². The molecular weight excluding hydrogens is 363 g/mol. The lowest BCUT2D eigenvalue weighted by atomic mass is 10.1. The van der Waals surface area contributed by atoms with E-state index in [1.165, 1.54) is 29.5 Å². The molecule has 0 aliphatic heterocycles. The Bertz CT molecular complexity index is 910. The van der Waals surface area contributed by atoms with Crippen molar-refractivity contribution in [3.05, 3.63) is 65.5 Å². The Balaban J connectivity index is 1.55. The number of aromatic nitrogens is 3. The quantitative estimate of drug-likeness (QED) is 0.627. The lowest BCUT2D eigenvalue weighted by molar-refractivity contribution is -0.127. The molecule has 0 aliphatic rings. The van der Waals surface area contributed by atoms with Gasteiger partial charge in [-0.2, -0.15) is 0 Å². The number of benzene rings is 2. The molecule has 0 saturated carbocycles. The number of halogens is 1. The van der Waals surface area contributed by atoms with E-state index in [1.807, 2.05) is 12.1 Å². The van der Waals surface area contributed by atoms with E-state index in [0.717, 1.165) is 17.5 Å². The minimum absolute atomic E-state index is 0.0668. The fourth-order valence-electron chi connectivity index (χ4n) is 2.57. The summed E-state index contributed by atoms with van der Waals surface area (Å²) in [5, 5.41) is 7.60. The molecule has 0 unspecified atom stereocenters. The molecule has 0 spiro atoms. The van der Waals surface area contributed by atoms with Crippen molar-refractivity contribution in [2.45, 2.75) is 25.0 Å². The number of nitrogens with zero attached hydrogens (tertiary/aromatic N) is 3. The monoisotopic (exact) mass is 384 g/mol. The highest BCUT2D eigenvalue weighted by molar-refractivity contribution is 7.99. The first kappa shape index (κ1) is 19.1. The van der Waals surface area contributed by atoms with Gasteiger partial charge in [-0.15, -0.1) is 5.10 Å². The standard InChI is InChI=1S/C20H21FN4OS/c1-3-14-7-9-16(10-8-14)19-22-20(24-23-19)27-13-18(26)25(2)12-15-5-4-6-17(21)11-15/h4-11H,3,12-13H2,1-2H3,(H,22,23,24). The maximum atomic E-state index is 13.2. The maximum Gasteiger partial charge on any atom is 0.233 e. The fraction of sp³-hybridized carbons (Fsp3) is 0.250. The van der Waals surface area contributed by atoms with Crippen LogP contribution in [0.5, 0.6) is 0 Å². The van der Waals surface area contributed by atoms with Crippen LogP contribution < -0.4 is 0 Å². The van der Waals surface area contributed by atoms with E-state index in [4.69, 9.17) is 0 Å². The van der Waals surface area contributed by atoms with Gasteiger partial charge in [0.1, 0.15) is 5.82 Å². The number of amides is 1. The summed E-state index contributed by atoms with van der Waals surface area (Å²) in [6.45, 7) is 2.47. The molecular formula is C20H21FN4OS. The molecule has 3 rings (SSSR count). The van der Waals surface area contributed by atoms with Crippen LogP contribution in [0.3, 0.4) is 0 Å². The fourth-order valence-corrected chi connectivity index (χ4v) is 3.31. The van der Waals surface area contributed by atoms with Crippen molar-refractivity contribution in [1.82, 2.24) is 20.1 Å². The molecule has 0 saturated heterocycles. The third-order valence-corrected chi connectivity index (χ3v) is 4.99. The third kappa shape index (κ3) is 5.17. The topological polar surface area (TPSA) is 61.9 Å². The second kappa shape index (κ2) is 8.81. The number of carbonyl (C=O) groups is 1. The van der Waals surface area contributed by atoms with Crippen molar-refractivity contribution in [3.63, 3.8) is 0 Å². The number of aryl methyl sites for hydroxylation is 1. The van der Waals surface area contributed by atoms with Gasteiger partial charge in [-0.3, -0.25) is 9.89 Å². The molecule has 2 aromatic carbocycles. The van der Waals surface area contributed by atoms with Crippen LogP contribution in [0.4, 0.5) is 4.39 Å². The Morgan fingerprint density at radius 3 is 2.67 bits per heavy atom. The van der Waals surface area contributed by atoms with Gasteiger partial charge in [-0.25, -0.2) is 9.37 Å². The number of nitrogens with one attached hydrogen (secondary N) is 1. The van der Waals surface area contributed by atoms with Crippen LogP contribution in [-0.2, 0) is 17.8 Å². The van der Waals surface area contributed by atoms with E-state index in [0.29, 0.717) is 17.5 Å². The number of thioether (sulfide) groups is 1. The van der Waals surface area contributed by atoms with E-state index in [1.54, 1.807) is 24.1 Å². The molecule has 0 bridgehead atoms. The average molecular weight is 384 g/mol. The summed E-state index contributed by atoms with van der Waals surface area (Å²) >= 11 is 1.27. The summed E-state index contributed by atoms with van der Waals surface area (Å²) in [6.07, 6.45) is 0.989. The van der Waals surface area contributed by atoms with Crippen molar-refractivity contribution in [3.8, 4) is 11.4 Å². The van der Waals surface area contributed by atoms with Crippen LogP contribution in [-0.4, -0.2) is 38.8 Å². The molecule has 1 aromatic heterocycles. The third-order valence-electron chi connectivity index (χ3n) is 4.16. The Labute approximate surface area is 162 Å². The normalized spacial score (nSPS) is 10.8. The first-order valence-electron chi connectivity index (χ1n) is 8.68. The first-order chi connectivity index (χ1) is 13.0. The summed E-state index contributed by atoms with van der Waals surface area (Å²) in [4.78, 5) is 18.3. The first-order valence-corrected chi connectivity index (χ1v) is 9.66. The van der Waals surface area contributed by atoms with Gasteiger partial charge in [-0.05, 0) is 29.7 Å². The summed E-state index contributed by atoms with van der Waals surface area (Å²) in [7, 11) is 1.70. The molecule has 0 radical (unpaired) electrons. The largest absolute Gasteiger partial charge is 0.341 e. The number of hydrogen-bond acceptors (Lipinski definition) is 4. The van der Waals surface area contributed by atoms with Gasteiger partial charge in [0.25, 0.3) is 0 Å². The zero-order valence-corrected chi connectivity index (χ0v) is 16.1. The Hall–Kier alpha value is -2.67. The second-order valence-electron chi connectivity index (χ2n) is 6.19. The molecule has 1 heterocycles. The molecule has 1 N–H and O–H groups in total. The predicted molar refractivity (Wildman–Crippen MR) is 105 cm³/mol. The molecule has 27 heavy (non-hydrogen) atoms. The number of rotatable bonds is 7. The van der Waals surface area contributed by atoms with Gasteiger partial charge in [0.05, 0.1) is 5.75 Å². The lowest BCUT2D eigenvalue weighted by Crippen LogP contribution is -2.27. The Morgan fingerprint density at radius 2 is 1.96 bits per heavy atom. The minimum Gasteiger partial charge on any atom is -0.341 e. The van der Waals surface area contributed by atoms with Crippen molar-refractivity contribution in [2.24, 2.45) is 0 Å². The number of H-pyrrole nitrogens is 1. The van der Waals surface area contributed by atoms with Gasteiger partial charge in [0.2, 0.25) is 11.1 Å². The molecule has 0 aliphatic carbocycles. The summed E-state index contributed by atoms with van der Waals surface area (Å²) in [6, 6.07) is 14.4. The molecule has 140 valence electrons. The van der Waals surface area contributed by atoms with Crippen molar-refractivity contribution >= 4 is 17.7 Å². The smallest absolute Gasteiger partial charge is 0.233 e. The highest BCUT2D eigenvalue weighted by Gasteiger charge is 2.13. The zero-order chi connectivity index (χ0) is 19.2. The van der Waals surface area contributed by atoms with Gasteiger partial charge < -0.3 is 4.90 Å². The van der Waals surface area contributed by atoms with E-state index >= 15 is 0 Å². The van der Waals surface area contributed by atoms with Gasteiger partial charge in [-0.1, -0.05) is 55.1 Å². The molecule has 5 nitrogen and oxygen atoms in total. The average Bonchev–Trinajstić information content (AvgIpc) is 3.15. The zero-order valence-electron chi connectivity index (χ0n) is 15.3. The minimum atomic E-state index is -0.303. The molecule has 0 atom stereocenters. The van der Waals surface area contributed by atoms with Crippen molar-refractivity contribution in [2.75, 3.05) is 12.8 Å². The summed E-state index contributed by atoms with van der Waals surface area (Å²) in [5.41, 5.74) is 2.98.